The Hall–Kier alpha value is -2.01. The van der Waals surface area contributed by atoms with E-state index in [1.165, 1.54) is 0 Å². The summed E-state index contributed by atoms with van der Waals surface area (Å²) in [4.78, 5) is 14.7. The predicted molar refractivity (Wildman–Crippen MR) is 98.2 cm³/mol. The number of methoxy groups -OCH3 is 2. The van der Waals surface area contributed by atoms with Gasteiger partial charge in [-0.1, -0.05) is 28.1 Å². The van der Waals surface area contributed by atoms with Crippen molar-refractivity contribution >= 4 is 27.5 Å². The van der Waals surface area contributed by atoms with Crippen LogP contribution in [0.3, 0.4) is 0 Å². The summed E-state index contributed by atoms with van der Waals surface area (Å²) in [6.45, 7) is 2.66. The highest BCUT2D eigenvalue weighted by molar-refractivity contribution is 9.10. The van der Waals surface area contributed by atoms with Gasteiger partial charge < -0.3 is 14.4 Å². The Kier molecular flexibility index (Phi) is 4.81. The van der Waals surface area contributed by atoms with E-state index < -0.39 is 0 Å². The molecule has 0 fully saturated rings. The first-order chi connectivity index (χ1) is 11.6. The Bertz CT molecular complexity index is 775. The van der Waals surface area contributed by atoms with Crippen LogP contribution in [0.4, 0.5) is 5.69 Å². The second kappa shape index (κ2) is 6.85. The second-order valence-corrected chi connectivity index (χ2v) is 6.61. The summed E-state index contributed by atoms with van der Waals surface area (Å²) in [6.07, 6.45) is 0.583. The summed E-state index contributed by atoms with van der Waals surface area (Å²) in [5, 5.41) is 0. The third-order valence-electron chi connectivity index (χ3n) is 4.44. The molecule has 0 spiro atoms. The van der Waals surface area contributed by atoms with Crippen molar-refractivity contribution in [3.8, 4) is 11.5 Å². The first-order valence-electron chi connectivity index (χ1n) is 7.91. The summed E-state index contributed by atoms with van der Waals surface area (Å²) >= 11 is 3.52. The summed E-state index contributed by atoms with van der Waals surface area (Å²) in [6, 6.07) is 11.8. The number of benzene rings is 2. The number of halogens is 1. The van der Waals surface area contributed by atoms with E-state index in [9.17, 15) is 4.79 Å². The highest BCUT2D eigenvalue weighted by atomic mass is 79.9. The van der Waals surface area contributed by atoms with Crippen molar-refractivity contribution in [1.29, 1.82) is 0 Å². The average molecular weight is 390 g/mol. The van der Waals surface area contributed by atoms with E-state index in [-0.39, 0.29) is 11.8 Å². The van der Waals surface area contributed by atoms with E-state index in [1.807, 2.05) is 48.2 Å². The molecule has 0 aliphatic carbocycles. The molecule has 1 aliphatic rings. The lowest BCUT2D eigenvalue weighted by atomic mass is 9.92. The summed E-state index contributed by atoms with van der Waals surface area (Å²) in [5.74, 6) is 1.30. The van der Waals surface area contributed by atoms with Crippen LogP contribution in [0.1, 0.15) is 24.0 Å². The van der Waals surface area contributed by atoms with Crippen LogP contribution in [-0.4, -0.2) is 26.7 Å². The minimum absolute atomic E-state index is 0.135. The quantitative estimate of drug-likeness (QED) is 0.770. The van der Waals surface area contributed by atoms with Crippen LogP contribution in [0.5, 0.6) is 11.5 Å². The van der Waals surface area contributed by atoms with Gasteiger partial charge in [0, 0.05) is 16.7 Å². The normalized spacial score (nSPS) is 16.2. The fraction of sp³-hybridized carbons (Fsp3) is 0.316. The van der Waals surface area contributed by atoms with E-state index in [0.717, 1.165) is 21.3 Å². The number of likely N-dealkylation sites (N-methyl/N-ethyl adjacent to an activating group) is 1. The summed E-state index contributed by atoms with van der Waals surface area (Å²) in [5.41, 5.74) is 3.03. The first-order valence-corrected chi connectivity index (χ1v) is 8.70. The van der Waals surface area contributed by atoms with Crippen molar-refractivity contribution in [2.24, 2.45) is 0 Å². The molecule has 1 aliphatic heterocycles. The van der Waals surface area contributed by atoms with Gasteiger partial charge in [0.15, 0.2) is 11.5 Å². The molecular weight excluding hydrogens is 370 g/mol. The van der Waals surface area contributed by atoms with Crippen LogP contribution < -0.4 is 14.4 Å². The minimum atomic E-state index is -0.210. The van der Waals surface area contributed by atoms with Crippen LogP contribution in [0.2, 0.25) is 0 Å². The number of rotatable bonds is 5. The van der Waals surface area contributed by atoms with E-state index in [2.05, 4.69) is 15.9 Å². The number of ether oxygens (including phenoxy) is 2. The topological polar surface area (TPSA) is 38.8 Å². The molecule has 0 unspecified atom stereocenters. The van der Waals surface area contributed by atoms with Crippen molar-refractivity contribution in [3.05, 3.63) is 52.0 Å². The molecule has 126 valence electrons. The van der Waals surface area contributed by atoms with Gasteiger partial charge >= 0.3 is 0 Å². The predicted octanol–water partition coefficient (Wildman–Crippen LogP) is 4.16. The van der Waals surface area contributed by atoms with Gasteiger partial charge in [0.2, 0.25) is 5.91 Å². The van der Waals surface area contributed by atoms with Crippen molar-refractivity contribution in [2.45, 2.75) is 19.3 Å². The largest absolute Gasteiger partial charge is 0.493 e. The van der Waals surface area contributed by atoms with Crippen molar-refractivity contribution in [3.63, 3.8) is 0 Å². The number of hydrogen-bond acceptors (Lipinski definition) is 3. The third-order valence-corrected chi connectivity index (χ3v) is 4.94. The monoisotopic (exact) mass is 389 g/mol. The lowest BCUT2D eigenvalue weighted by Gasteiger charge is -2.17. The van der Waals surface area contributed by atoms with Gasteiger partial charge in [0.25, 0.3) is 0 Å². The van der Waals surface area contributed by atoms with Crippen LogP contribution in [0, 0.1) is 0 Å². The standard InChI is InChI=1S/C19H20BrNO3/c1-4-21-16-9-8-13(20)11-14(16)15(19(21)22)10-12-6-5-7-17(23-2)18(12)24-3/h5-9,11,15H,4,10H2,1-3H3/t15-/m1/s1. The molecule has 0 radical (unpaired) electrons. The van der Waals surface area contributed by atoms with Gasteiger partial charge in [-0.25, -0.2) is 0 Å². The number of para-hydroxylation sites is 1. The van der Waals surface area contributed by atoms with Gasteiger partial charge in [-0.2, -0.15) is 0 Å². The maximum Gasteiger partial charge on any atom is 0.234 e. The SMILES string of the molecule is CCN1C(=O)[C@H](Cc2cccc(OC)c2OC)c2cc(Br)ccc21. The Morgan fingerprint density at radius 2 is 1.96 bits per heavy atom. The van der Waals surface area contributed by atoms with Gasteiger partial charge in [-0.15, -0.1) is 0 Å². The first kappa shape index (κ1) is 16.8. The maximum atomic E-state index is 12.9. The van der Waals surface area contributed by atoms with Crippen LogP contribution >= 0.6 is 15.9 Å². The summed E-state index contributed by atoms with van der Waals surface area (Å²) < 4.78 is 11.9. The fourth-order valence-electron chi connectivity index (χ4n) is 3.35. The Balaban J connectivity index is 2.02. The number of anilines is 1. The maximum absolute atomic E-state index is 12.9. The average Bonchev–Trinajstić information content (AvgIpc) is 2.85. The zero-order valence-electron chi connectivity index (χ0n) is 14.0. The molecule has 2 aromatic rings. The second-order valence-electron chi connectivity index (χ2n) is 5.69. The highest BCUT2D eigenvalue weighted by Crippen LogP contribution is 2.42. The molecule has 1 amide bonds. The number of nitrogens with zero attached hydrogens (tertiary/aromatic N) is 1. The van der Waals surface area contributed by atoms with Crippen LogP contribution in [0.15, 0.2) is 40.9 Å². The smallest absolute Gasteiger partial charge is 0.234 e. The van der Waals surface area contributed by atoms with Gasteiger partial charge in [-0.3, -0.25) is 4.79 Å². The lowest BCUT2D eigenvalue weighted by molar-refractivity contribution is -0.119. The van der Waals surface area contributed by atoms with E-state index in [4.69, 9.17) is 9.47 Å². The van der Waals surface area contributed by atoms with Crippen molar-refractivity contribution < 1.29 is 14.3 Å². The van der Waals surface area contributed by atoms with Crippen molar-refractivity contribution in [1.82, 2.24) is 0 Å². The lowest BCUT2D eigenvalue weighted by Crippen LogP contribution is -2.29. The number of hydrogen-bond donors (Lipinski definition) is 0. The molecule has 4 nitrogen and oxygen atoms in total. The zero-order valence-corrected chi connectivity index (χ0v) is 15.6. The Labute approximate surface area is 150 Å². The number of carbonyl (C=O) groups excluding carboxylic acids is 1. The third kappa shape index (κ3) is 2.77. The zero-order chi connectivity index (χ0) is 17.3. The molecule has 3 rings (SSSR count). The Morgan fingerprint density at radius 3 is 2.62 bits per heavy atom. The van der Waals surface area contributed by atoms with Gasteiger partial charge in [-0.05, 0) is 48.7 Å². The molecule has 1 heterocycles. The van der Waals surface area contributed by atoms with Gasteiger partial charge in [0.1, 0.15) is 0 Å². The molecule has 5 heteroatoms. The molecular formula is C19H20BrNO3. The van der Waals surface area contributed by atoms with Crippen LogP contribution in [-0.2, 0) is 11.2 Å². The van der Waals surface area contributed by atoms with E-state index in [1.54, 1.807) is 14.2 Å². The number of carbonyl (C=O) groups is 1. The molecule has 0 saturated heterocycles. The molecule has 0 bridgehead atoms. The Morgan fingerprint density at radius 1 is 1.17 bits per heavy atom. The number of fused-ring (bicyclic) bond motifs is 1. The molecule has 1 atom stereocenters. The number of amides is 1. The summed E-state index contributed by atoms with van der Waals surface area (Å²) in [7, 11) is 3.24. The van der Waals surface area contributed by atoms with E-state index >= 15 is 0 Å². The molecule has 24 heavy (non-hydrogen) atoms. The van der Waals surface area contributed by atoms with Gasteiger partial charge in [0.05, 0.1) is 20.1 Å². The molecule has 0 aromatic heterocycles. The van der Waals surface area contributed by atoms with Crippen molar-refractivity contribution in [2.75, 3.05) is 25.7 Å². The highest BCUT2D eigenvalue weighted by Gasteiger charge is 2.37. The molecule has 0 N–H and O–H groups in total. The molecule has 2 aromatic carbocycles. The molecule has 0 saturated carbocycles. The minimum Gasteiger partial charge on any atom is -0.493 e. The fourth-order valence-corrected chi connectivity index (χ4v) is 3.73. The van der Waals surface area contributed by atoms with Crippen LogP contribution in [0.25, 0.3) is 0 Å². The van der Waals surface area contributed by atoms with E-state index in [0.29, 0.717) is 24.5 Å².